The van der Waals surface area contributed by atoms with E-state index in [1.54, 1.807) is 41.3 Å². The van der Waals surface area contributed by atoms with Gasteiger partial charge in [-0.05, 0) is 43.1 Å². The van der Waals surface area contributed by atoms with Gasteiger partial charge in [-0.25, -0.2) is 0 Å². The lowest BCUT2D eigenvalue weighted by Crippen LogP contribution is -2.33. The lowest BCUT2D eigenvalue weighted by molar-refractivity contribution is -0.132. The summed E-state index contributed by atoms with van der Waals surface area (Å²) in [6.07, 6.45) is 2.38. The third-order valence-corrected chi connectivity index (χ3v) is 4.17. The number of nitrogens with one attached hydrogen (secondary N) is 1. The molecule has 3 rings (SSSR count). The van der Waals surface area contributed by atoms with Crippen LogP contribution in [0.15, 0.2) is 47.1 Å². The van der Waals surface area contributed by atoms with Gasteiger partial charge < -0.3 is 25.1 Å². The number of carbonyl (C=O) groups is 2. The van der Waals surface area contributed by atoms with Crippen LogP contribution in [0.2, 0.25) is 0 Å². The third kappa shape index (κ3) is 4.39. The molecule has 0 radical (unpaired) electrons. The Bertz CT molecular complexity index is 730. The summed E-state index contributed by atoms with van der Waals surface area (Å²) in [5.41, 5.74) is 6.21. The summed E-state index contributed by atoms with van der Waals surface area (Å²) < 4.78 is 10.6. The number of nitrogens with two attached hydrogens (primary N) is 1. The highest BCUT2D eigenvalue weighted by atomic mass is 16.5. The second kappa shape index (κ2) is 7.85. The molecule has 1 aliphatic rings. The summed E-state index contributed by atoms with van der Waals surface area (Å²) in [7, 11) is 0. The van der Waals surface area contributed by atoms with Crippen molar-refractivity contribution >= 4 is 17.5 Å². The van der Waals surface area contributed by atoms with Gasteiger partial charge in [-0.15, -0.1) is 0 Å². The minimum absolute atomic E-state index is 0.0348. The van der Waals surface area contributed by atoms with Crippen LogP contribution in [-0.4, -0.2) is 43.0 Å². The highest BCUT2D eigenvalue weighted by Crippen LogP contribution is 2.19. The number of hydrogen-bond acceptors (Lipinski definition) is 5. The second-order valence-electron chi connectivity index (χ2n) is 5.98. The van der Waals surface area contributed by atoms with Crippen LogP contribution in [0.4, 0.5) is 5.69 Å². The molecule has 1 atom stereocenters. The molecule has 3 N–H and O–H groups in total. The number of rotatable bonds is 6. The fourth-order valence-corrected chi connectivity index (χ4v) is 2.75. The van der Waals surface area contributed by atoms with E-state index in [1.807, 2.05) is 0 Å². The molecule has 1 saturated heterocycles. The van der Waals surface area contributed by atoms with Crippen molar-refractivity contribution in [3.05, 3.63) is 48.4 Å². The van der Waals surface area contributed by atoms with E-state index in [0.29, 0.717) is 30.4 Å². The Morgan fingerprint density at radius 2 is 2.20 bits per heavy atom. The fourth-order valence-electron chi connectivity index (χ4n) is 2.75. The van der Waals surface area contributed by atoms with Crippen LogP contribution in [0.1, 0.15) is 17.0 Å². The van der Waals surface area contributed by atoms with Gasteiger partial charge in [-0.2, -0.15) is 0 Å². The third-order valence-electron chi connectivity index (χ3n) is 4.17. The Morgan fingerprint density at radius 1 is 1.32 bits per heavy atom. The Hall–Kier alpha value is -2.80. The summed E-state index contributed by atoms with van der Waals surface area (Å²) >= 11 is 0. The standard InChI is InChI=1S/C18H21N3O4/c19-10-13-6-7-21(11-13)17(22)12-25-15-4-1-3-14(9-15)20-18(23)16-5-2-8-24-16/h1-5,8-9,13H,6-7,10-12,19H2,(H,20,23). The van der Waals surface area contributed by atoms with Crippen molar-refractivity contribution < 1.29 is 18.7 Å². The molecule has 1 aromatic heterocycles. The molecule has 0 spiro atoms. The van der Waals surface area contributed by atoms with Crippen LogP contribution in [0, 0.1) is 5.92 Å². The Kier molecular flexibility index (Phi) is 5.35. The summed E-state index contributed by atoms with van der Waals surface area (Å²) in [4.78, 5) is 25.9. The van der Waals surface area contributed by atoms with Crippen molar-refractivity contribution in [2.75, 3.05) is 31.6 Å². The quantitative estimate of drug-likeness (QED) is 0.832. The fraction of sp³-hybridized carbons (Fsp3) is 0.333. The number of nitrogens with zero attached hydrogens (tertiary/aromatic N) is 1. The van der Waals surface area contributed by atoms with Crippen molar-refractivity contribution in [1.29, 1.82) is 0 Å². The van der Waals surface area contributed by atoms with E-state index in [0.717, 1.165) is 13.0 Å². The zero-order valence-corrected chi connectivity index (χ0v) is 13.8. The number of carbonyl (C=O) groups excluding carboxylic acids is 2. The number of anilines is 1. The maximum atomic E-state index is 12.2. The topological polar surface area (TPSA) is 97.8 Å². The minimum atomic E-state index is -0.344. The molecular weight excluding hydrogens is 322 g/mol. The molecule has 7 nitrogen and oxygen atoms in total. The highest BCUT2D eigenvalue weighted by Gasteiger charge is 2.25. The van der Waals surface area contributed by atoms with Crippen molar-refractivity contribution in [3.63, 3.8) is 0 Å². The zero-order chi connectivity index (χ0) is 17.6. The van der Waals surface area contributed by atoms with Gasteiger partial charge in [-0.1, -0.05) is 6.07 Å². The van der Waals surface area contributed by atoms with E-state index in [4.69, 9.17) is 14.9 Å². The number of ether oxygens (including phenoxy) is 1. The number of benzene rings is 1. The average molecular weight is 343 g/mol. The summed E-state index contributed by atoms with van der Waals surface area (Å²) in [6.45, 7) is 1.98. The Morgan fingerprint density at radius 3 is 2.92 bits per heavy atom. The van der Waals surface area contributed by atoms with Gasteiger partial charge in [0.25, 0.3) is 11.8 Å². The van der Waals surface area contributed by atoms with Crippen LogP contribution in [0.5, 0.6) is 5.75 Å². The Labute approximate surface area is 145 Å². The van der Waals surface area contributed by atoms with E-state index in [2.05, 4.69) is 5.32 Å². The molecule has 7 heteroatoms. The molecule has 1 aliphatic heterocycles. The van der Waals surface area contributed by atoms with Crippen LogP contribution in [0.25, 0.3) is 0 Å². The number of likely N-dealkylation sites (tertiary alicyclic amines) is 1. The minimum Gasteiger partial charge on any atom is -0.484 e. The second-order valence-corrected chi connectivity index (χ2v) is 5.98. The normalized spacial score (nSPS) is 16.7. The maximum absolute atomic E-state index is 12.2. The molecule has 132 valence electrons. The average Bonchev–Trinajstić information content (AvgIpc) is 3.31. The molecule has 2 amide bonds. The first kappa shape index (κ1) is 17.0. The smallest absolute Gasteiger partial charge is 0.291 e. The van der Waals surface area contributed by atoms with Gasteiger partial charge in [-0.3, -0.25) is 9.59 Å². The summed E-state index contributed by atoms with van der Waals surface area (Å²) in [5.74, 6) is 0.721. The summed E-state index contributed by atoms with van der Waals surface area (Å²) in [6, 6.07) is 10.1. The van der Waals surface area contributed by atoms with Crippen molar-refractivity contribution in [2.24, 2.45) is 11.7 Å². The van der Waals surface area contributed by atoms with Gasteiger partial charge in [0.05, 0.1) is 6.26 Å². The molecule has 0 aliphatic carbocycles. The van der Waals surface area contributed by atoms with Gasteiger partial charge >= 0.3 is 0 Å². The predicted octanol–water partition coefficient (Wildman–Crippen LogP) is 1.72. The van der Waals surface area contributed by atoms with Gasteiger partial charge in [0.1, 0.15) is 5.75 Å². The molecule has 0 bridgehead atoms. The van der Waals surface area contributed by atoms with Crippen LogP contribution >= 0.6 is 0 Å². The van der Waals surface area contributed by atoms with E-state index >= 15 is 0 Å². The predicted molar refractivity (Wildman–Crippen MR) is 92.3 cm³/mol. The first-order valence-corrected chi connectivity index (χ1v) is 8.21. The van der Waals surface area contributed by atoms with Crippen LogP contribution < -0.4 is 15.8 Å². The molecule has 0 saturated carbocycles. The molecule has 2 aromatic rings. The molecule has 1 fully saturated rings. The molecule has 25 heavy (non-hydrogen) atoms. The van der Waals surface area contributed by atoms with E-state index in [-0.39, 0.29) is 24.2 Å². The highest BCUT2D eigenvalue weighted by molar-refractivity contribution is 6.02. The first-order chi connectivity index (χ1) is 12.2. The Balaban J connectivity index is 1.53. The van der Waals surface area contributed by atoms with Crippen molar-refractivity contribution in [1.82, 2.24) is 4.90 Å². The van der Waals surface area contributed by atoms with E-state index < -0.39 is 0 Å². The SMILES string of the molecule is NCC1CCN(C(=O)COc2cccc(NC(=O)c3ccco3)c2)C1. The van der Waals surface area contributed by atoms with Crippen LogP contribution in [-0.2, 0) is 4.79 Å². The molecule has 1 unspecified atom stereocenters. The molecule has 2 heterocycles. The molecular formula is C18H21N3O4. The van der Waals surface area contributed by atoms with Gasteiger partial charge in [0.2, 0.25) is 0 Å². The summed E-state index contributed by atoms with van der Waals surface area (Å²) in [5, 5.41) is 2.72. The maximum Gasteiger partial charge on any atom is 0.291 e. The lowest BCUT2D eigenvalue weighted by atomic mass is 10.1. The van der Waals surface area contributed by atoms with E-state index in [9.17, 15) is 9.59 Å². The van der Waals surface area contributed by atoms with E-state index in [1.165, 1.54) is 6.26 Å². The largest absolute Gasteiger partial charge is 0.484 e. The lowest BCUT2D eigenvalue weighted by Gasteiger charge is -2.16. The van der Waals surface area contributed by atoms with Gasteiger partial charge in [0, 0.05) is 24.8 Å². The zero-order valence-electron chi connectivity index (χ0n) is 13.8. The first-order valence-electron chi connectivity index (χ1n) is 8.21. The van der Waals surface area contributed by atoms with Crippen LogP contribution in [0.3, 0.4) is 0 Å². The number of amides is 2. The monoisotopic (exact) mass is 343 g/mol. The van der Waals surface area contributed by atoms with Crippen molar-refractivity contribution in [2.45, 2.75) is 6.42 Å². The van der Waals surface area contributed by atoms with Crippen molar-refractivity contribution in [3.8, 4) is 5.75 Å². The molecule has 1 aromatic carbocycles. The number of hydrogen-bond donors (Lipinski definition) is 2. The van der Waals surface area contributed by atoms with Gasteiger partial charge in [0.15, 0.2) is 12.4 Å². The number of furan rings is 1.